The summed E-state index contributed by atoms with van der Waals surface area (Å²) in [5.74, 6) is 2.90. The van der Waals surface area contributed by atoms with Gasteiger partial charge in [-0.1, -0.05) is 137 Å². The fraction of sp³-hybridized carbons (Fsp3) is 0.0204. The third-order valence-corrected chi connectivity index (χ3v) is 17.0. The maximum absolute atomic E-state index is 7.05. The minimum atomic E-state index is -3.06. The van der Waals surface area contributed by atoms with E-state index in [9.17, 15) is 0 Å². The number of aromatic nitrogens is 3. The van der Waals surface area contributed by atoms with E-state index in [0.717, 1.165) is 44.3 Å². The molecule has 0 spiro atoms. The monoisotopic (exact) mass is 858 g/mol. The zero-order chi connectivity index (χ0) is 37.2. The van der Waals surface area contributed by atoms with Crippen LogP contribution in [0.2, 0.25) is 0 Å². The number of imidazole rings is 1. The Morgan fingerprint density at radius 1 is 0.667 bits per heavy atom. The molecule has 3 aromatic heterocycles. The first-order chi connectivity index (χ1) is 27.7. The van der Waals surface area contributed by atoms with E-state index in [-0.39, 0.29) is 20.4 Å². The van der Waals surface area contributed by atoms with Gasteiger partial charge in [0.15, 0.2) is 0 Å². The molecule has 0 saturated heterocycles. The zero-order valence-electron chi connectivity index (χ0n) is 30.7. The van der Waals surface area contributed by atoms with E-state index in [2.05, 4.69) is 149 Å². The number of nitrogens with zero attached hydrogens (tertiary/aromatic N) is 4. The van der Waals surface area contributed by atoms with Crippen LogP contribution >= 0.6 is 11.3 Å². The first-order valence-corrected chi connectivity index (χ1v) is 21.5. The molecule has 0 saturated carbocycles. The van der Waals surface area contributed by atoms with Crippen molar-refractivity contribution in [3.8, 4) is 22.9 Å². The average Bonchev–Trinajstić information content (AvgIpc) is 3.82. The molecule has 0 atom stereocenters. The molecule has 4 heterocycles. The molecular formula is C49H32N4OPdSSi. The number of aryl methyl sites for hydroxylation is 1. The maximum Gasteiger partial charge on any atom is 2.00 e. The van der Waals surface area contributed by atoms with Gasteiger partial charge in [-0.15, -0.1) is 40.4 Å². The number of rotatable bonds is 6. The summed E-state index contributed by atoms with van der Waals surface area (Å²) in [5.41, 5.74) is 4.90. The van der Waals surface area contributed by atoms with Crippen molar-refractivity contribution in [3.63, 3.8) is 0 Å². The second-order valence-corrected chi connectivity index (χ2v) is 18.8. The molecule has 5 nitrogen and oxygen atoms in total. The minimum absolute atomic E-state index is 0. The van der Waals surface area contributed by atoms with Crippen LogP contribution in [0.3, 0.4) is 0 Å². The third-order valence-electron chi connectivity index (χ3n) is 11.0. The SMILES string of the molecule is Cn1c(-c2[c-]c(Oc3[c-]c4c(c5c3sc3ccccc35)[Si](c3ccccc3)(c3ccccc3)c3ccccc3N4c3ccccn3)ccc2)nc2ccccc21.[Pd+2]. The van der Waals surface area contributed by atoms with Crippen molar-refractivity contribution in [1.29, 1.82) is 0 Å². The Balaban J connectivity index is 0.00000396. The van der Waals surface area contributed by atoms with Crippen molar-refractivity contribution in [2.75, 3.05) is 4.90 Å². The van der Waals surface area contributed by atoms with Crippen LogP contribution in [0.1, 0.15) is 0 Å². The van der Waals surface area contributed by atoms with Crippen molar-refractivity contribution in [1.82, 2.24) is 14.5 Å². The summed E-state index contributed by atoms with van der Waals surface area (Å²) in [6, 6.07) is 67.7. The molecule has 0 amide bonds. The Labute approximate surface area is 349 Å². The van der Waals surface area contributed by atoms with E-state index in [0.29, 0.717) is 11.5 Å². The molecule has 8 heteroatoms. The molecule has 11 rings (SSSR count). The molecule has 10 aromatic rings. The van der Waals surface area contributed by atoms with Crippen LogP contribution < -0.4 is 30.4 Å². The van der Waals surface area contributed by atoms with Crippen molar-refractivity contribution in [3.05, 3.63) is 188 Å². The molecule has 0 aliphatic carbocycles. The first-order valence-electron chi connectivity index (χ1n) is 18.6. The van der Waals surface area contributed by atoms with Gasteiger partial charge in [-0.3, -0.25) is 4.98 Å². The van der Waals surface area contributed by atoms with Gasteiger partial charge in [0.2, 0.25) is 0 Å². The van der Waals surface area contributed by atoms with Crippen molar-refractivity contribution >= 4 is 88.6 Å². The second-order valence-electron chi connectivity index (χ2n) is 14.0. The Morgan fingerprint density at radius 3 is 2.14 bits per heavy atom. The molecule has 1 aliphatic heterocycles. The molecule has 0 fully saturated rings. The molecule has 0 radical (unpaired) electrons. The Hall–Kier alpha value is -6.14. The molecule has 1 aliphatic rings. The van der Waals surface area contributed by atoms with Crippen LogP contribution in [0.25, 0.3) is 42.6 Å². The number of thiophene rings is 1. The van der Waals surface area contributed by atoms with E-state index in [4.69, 9.17) is 14.7 Å². The normalized spacial score (nSPS) is 13.0. The molecule has 0 bridgehead atoms. The van der Waals surface area contributed by atoms with Gasteiger partial charge < -0.3 is 14.2 Å². The van der Waals surface area contributed by atoms with Crippen LogP contribution in [-0.4, -0.2) is 22.6 Å². The molecular weight excluding hydrogens is 827 g/mol. The predicted octanol–water partition coefficient (Wildman–Crippen LogP) is 9.55. The maximum atomic E-state index is 7.05. The number of pyridine rings is 1. The van der Waals surface area contributed by atoms with Crippen LogP contribution in [0.4, 0.5) is 17.2 Å². The quantitative estimate of drug-likeness (QED) is 0.124. The zero-order valence-corrected chi connectivity index (χ0v) is 34.0. The third kappa shape index (κ3) is 5.44. The molecule has 7 aromatic carbocycles. The van der Waals surface area contributed by atoms with Gasteiger partial charge in [0.25, 0.3) is 0 Å². The molecule has 0 unspecified atom stereocenters. The fourth-order valence-corrected chi connectivity index (χ4v) is 15.2. The van der Waals surface area contributed by atoms with Crippen LogP contribution in [0.15, 0.2) is 176 Å². The van der Waals surface area contributed by atoms with Gasteiger partial charge in [0.05, 0.1) is 16.9 Å². The predicted molar refractivity (Wildman–Crippen MR) is 233 cm³/mol. The number of fused-ring (bicyclic) bond motifs is 7. The van der Waals surface area contributed by atoms with Crippen molar-refractivity contribution in [2.24, 2.45) is 7.05 Å². The number of anilines is 3. The first kappa shape index (κ1) is 35.3. The smallest absolute Gasteiger partial charge is 0.501 e. The molecule has 0 N–H and O–H groups in total. The van der Waals surface area contributed by atoms with Crippen molar-refractivity contribution < 1.29 is 25.2 Å². The summed E-state index contributed by atoms with van der Waals surface area (Å²) >= 11 is 1.76. The van der Waals surface area contributed by atoms with Crippen molar-refractivity contribution in [2.45, 2.75) is 0 Å². The van der Waals surface area contributed by atoms with Crippen LogP contribution in [0.5, 0.6) is 11.5 Å². The number of ether oxygens (including phenoxy) is 1. The largest absolute Gasteiger partial charge is 2.00 e. The standard InChI is InChI=1S/C49H32N4OSSi.Pd/c1-52-39-25-10-9-24-38(39)51-49(52)33-17-16-18-34(31-33)54-42-32-41-48(46-37-23-8-12-27-43(37)55-47(42)46)56(35-19-4-2-5-20-35,36-21-6-3-7-22-36)44-28-13-11-26-40(44)53(41)45-29-14-15-30-50-45;/h2-30H,1H3;/q-2;+2. The van der Waals surface area contributed by atoms with Crippen LogP contribution in [0, 0.1) is 12.1 Å². The summed E-state index contributed by atoms with van der Waals surface area (Å²) < 4.78 is 11.4. The summed E-state index contributed by atoms with van der Waals surface area (Å²) in [5, 5.41) is 7.58. The summed E-state index contributed by atoms with van der Waals surface area (Å²) in [6.07, 6.45) is 1.86. The molecule has 57 heavy (non-hydrogen) atoms. The van der Waals surface area contributed by atoms with Gasteiger partial charge in [-0.2, -0.15) is 0 Å². The Kier molecular flexibility index (Phi) is 8.73. The Bertz CT molecular complexity index is 3060. The number of para-hydroxylation sites is 3. The van der Waals surface area contributed by atoms with Gasteiger partial charge in [-0.05, 0) is 51.7 Å². The van der Waals surface area contributed by atoms with E-state index in [1.807, 2.05) is 55.7 Å². The summed E-state index contributed by atoms with van der Waals surface area (Å²) in [4.78, 5) is 12.2. The second kappa shape index (κ2) is 14.1. The minimum Gasteiger partial charge on any atom is -0.501 e. The van der Waals surface area contributed by atoms with Gasteiger partial charge in [0, 0.05) is 35.1 Å². The summed E-state index contributed by atoms with van der Waals surface area (Å²) in [6.45, 7) is 0. The fourth-order valence-electron chi connectivity index (χ4n) is 8.65. The average molecular weight is 859 g/mol. The summed E-state index contributed by atoms with van der Waals surface area (Å²) in [7, 11) is -1.01. The Morgan fingerprint density at radius 2 is 1.37 bits per heavy atom. The number of benzene rings is 7. The van der Waals surface area contributed by atoms with Gasteiger partial charge >= 0.3 is 20.4 Å². The van der Waals surface area contributed by atoms with E-state index < -0.39 is 8.07 Å². The topological polar surface area (TPSA) is 43.2 Å². The van der Waals surface area contributed by atoms with Gasteiger partial charge in [-0.25, -0.2) is 16.3 Å². The van der Waals surface area contributed by atoms with Crippen LogP contribution in [-0.2, 0) is 27.5 Å². The van der Waals surface area contributed by atoms with E-state index in [1.54, 1.807) is 11.3 Å². The number of hydrogen-bond donors (Lipinski definition) is 0. The van der Waals surface area contributed by atoms with E-state index >= 15 is 0 Å². The van der Waals surface area contributed by atoms with Gasteiger partial charge in [0.1, 0.15) is 13.9 Å². The molecule has 274 valence electrons. The number of hydrogen-bond acceptors (Lipinski definition) is 5. The van der Waals surface area contributed by atoms with E-state index in [1.165, 1.54) is 36.2 Å².